The first-order valence-corrected chi connectivity index (χ1v) is 15.4. The van der Waals surface area contributed by atoms with Gasteiger partial charge in [-0.3, -0.25) is 9.69 Å². The lowest BCUT2D eigenvalue weighted by atomic mass is 10.1. The molecule has 0 amide bonds. The number of benzene rings is 1. The molecular weight excluding hydrogens is 605 g/mol. The summed E-state index contributed by atoms with van der Waals surface area (Å²) < 4.78 is 75.7. The molecule has 1 N–H and O–H groups in total. The summed E-state index contributed by atoms with van der Waals surface area (Å²) in [5.74, 6) is -2.03. The molecule has 9 nitrogen and oxygen atoms in total. The van der Waals surface area contributed by atoms with Crippen LogP contribution in [0.5, 0.6) is 0 Å². The summed E-state index contributed by atoms with van der Waals surface area (Å²) in [4.78, 5) is 30.3. The Hall–Kier alpha value is -3.59. The Labute approximate surface area is 257 Å². The average molecular weight is 642 g/mol. The van der Waals surface area contributed by atoms with E-state index in [-0.39, 0.29) is 40.4 Å². The van der Waals surface area contributed by atoms with E-state index in [9.17, 15) is 22.4 Å². The van der Waals surface area contributed by atoms with Crippen molar-refractivity contribution in [3.05, 3.63) is 41.7 Å². The van der Waals surface area contributed by atoms with Gasteiger partial charge in [-0.25, -0.2) is 19.3 Å². The van der Waals surface area contributed by atoms with Crippen LogP contribution in [-0.2, 0) is 15.7 Å². The van der Waals surface area contributed by atoms with E-state index < -0.39 is 23.4 Å². The van der Waals surface area contributed by atoms with Crippen molar-refractivity contribution in [3.63, 3.8) is 0 Å². The van der Waals surface area contributed by atoms with E-state index >= 15 is 4.39 Å². The number of aromatic nitrogens is 3. The molecule has 44 heavy (non-hydrogen) atoms. The maximum Gasteiger partial charge on any atom is 0.416 e. The predicted molar refractivity (Wildman–Crippen MR) is 160 cm³/mol. The molecule has 1 fully saturated rings. The summed E-state index contributed by atoms with van der Waals surface area (Å²) in [6.07, 6.45) is -1.71. The lowest BCUT2D eigenvalue weighted by Gasteiger charge is -2.35. The van der Waals surface area contributed by atoms with Gasteiger partial charge in [-0.2, -0.15) is 17.6 Å². The summed E-state index contributed by atoms with van der Waals surface area (Å²) >= 11 is 1.13. The zero-order valence-corrected chi connectivity index (χ0v) is 25.7. The van der Waals surface area contributed by atoms with Gasteiger partial charge in [0.25, 0.3) is 0 Å². The van der Waals surface area contributed by atoms with Crippen molar-refractivity contribution >= 4 is 39.1 Å². The first-order chi connectivity index (χ1) is 21.0. The minimum atomic E-state index is -4.74. The Kier molecular flexibility index (Phi) is 11.3. The second-order valence-electron chi connectivity index (χ2n) is 10.3. The van der Waals surface area contributed by atoms with Crippen LogP contribution in [0, 0.1) is 11.6 Å². The second kappa shape index (κ2) is 14.9. The van der Waals surface area contributed by atoms with Gasteiger partial charge in [-0.15, -0.1) is 0 Å². The monoisotopic (exact) mass is 641 g/mol. The number of thiazole rings is 1. The number of anilines is 4. The fraction of sp³-hybridized carbons (Fsp3) is 0.517. The number of hydrogen-bond donors (Lipinski definition) is 1. The van der Waals surface area contributed by atoms with E-state index in [0.29, 0.717) is 63.5 Å². The fourth-order valence-electron chi connectivity index (χ4n) is 4.95. The van der Waals surface area contributed by atoms with Crippen LogP contribution >= 0.6 is 11.3 Å². The molecule has 4 rings (SSSR count). The molecule has 0 spiro atoms. The van der Waals surface area contributed by atoms with E-state index in [1.54, 1.807) is 11.8 Å². The van der Waals surface area contributed by atoms with Gasteiger partial charge in [0.2, 0.25) is 5.82 Å². The van der Waals surface area contributed by atoms with E-state index in [1.165, 1.54) is 6.33 Å². The van der Waals surface area contributed by atoms with Crippen LogP contribution in [0.3, 0.4) is 0 Å². The third-order valence-corrected chi connectivity index (χ3v) is 8.02. The van der Waals surface area contributed by atoms with Crippen molar-refractivity contribution in [1.82, 2.24) is 19.9 Å². The van der Waals surface area contributed by atoms with Gasteiger partial charge in [-0.1, -0.05) is 25.2 Å². The SMILES string of the molecule is CCCN(CCC)c1sc(Nc2ncnc(N3CCN(CCC(=O)OCC)CC3)c2F)nc1-c1cc(F)cc(C(F)(F)F)c1. The van der Waals surface area contributed by atoms with Gasteiger partial charge in [-0.05, 0) is 38.0 Å². The maximum absolute atomic E-state index is 15.7. The van der Waals surface area contributed by atoms with E-state index in [4.69, 9.17) is 4.74 Å². The van der Waals surface area contributed by atoms with Crippen molar-refractivity contribution in [2.45, 2.75) is 46.2 Å². The molecule has 3 aromatic rings. The first kappa shape index (κ1) is 33.3. The summed E-state index contributed by atoms with van der Waals surface area (Å²) in [6, 6.07) is 2.34. The molecule has 0 saturated carbocycles. The Morgan fingerprint density at radius 3 is 2.39 bits per heavy atom. The molecular formula is C29H36F5N7O2S. The summed E-state index contributed by atoms with van der Waals surface area (Å²) in [6.45, 7) is 9.94. The van der Waals surface area contributed by atoms with E-state index in [0.717, 1.165) is 36.3 Å². The largest absolute Gasteiger partial charge is 0.466 e. The molecule has 0 radical (unpaired) electrons. The number of piperazine rings is 1. The van der Waals surface area contributed by atoms with Gasteiger partial charge < -0.3 is 19.9 Å². The van der Waals surface area contributed by atoms with Gasteiger partial charge in [0.05, 0.1) is 18.6 Å². The number of carbonyl (C=O) groups excluding carboxylic acids is 1. The van der Waals surface area contributed by atoms with Crippen LogP contribution in [0.15, 0.2) is 24.5 Å². The van der Waals surface area contributed by atoms with Crippen LogP contribution in [0.1, 0.15) is 45.6 Å². The lowest BCUT2D eigenvalue weighted by molar-refractivity contribution is -0.143. The van der Waals surface area contributed by atoms with Crippen LogP contribution in [0.4, 0.5) is 43.7 Å². The number of ether oxygens (including phenoxy) is 1. The van der Waals surface area contributed by atoms with Crippen LogP contribution < -0.4 is 15.1 Å². The van der Waals surface area contributed by atoms with Gasteiger partial charge in [0.15, 0.2) is 16.8 Å². The Morgan fingerprint density at radius 1 is 1.05 bits per heavy atom. The predicted octanol–water partition coefficient (Wildman–Crippen LogP) is 6.34. The molecule has 1 aliphatic rings. The number of esters is 1. The number of rotatable bonds is 13. The van der Waals surface area contributed by atoms with Crippen molar-refractivity contribution < 1.29 is 31.5 Å². The molecule has 1 aliphatic heterocycles. The number of nitrogens with one attached hydrogen (secondary N) is 1. The number of halogens is 5. The lowest BCUT2D eigenvalue weighted by Crippen LogP contribution is -2.47. The molecule has 0 aliphatic carbocycles. The summed E-state index contributed by atoms with van der Waals surface area (Å²) in [7, 11) is 0. The maximum atomic E-state index is 15.7. The van der Waals surface area contributed by atoms with Crippen molar-refractivity contribution in [2.24, 2.45) is 0 Å². The molecule has 1 aromatic carbocycles. The van der Waals surface area contributed by atoms with Crippen molar-refractivity contribution in [3.8, 4) is 11.3 Å². The highest BCUT2D eigenvalue weighted by molar-refractivity contribution is 7.20. The van der Waals surface area contributed by atoms with Crippen LogP contribution in [0.2, 0.25) is 0 Å². The molecule has 0 bridgehead atoms. The molecule has 240 valence electrons. The van der Waals surface area contributed by atoms with E-state index in [1.807, 2.05) is 18.7 Å². The topological polar surface area (TPSA) is 86.7 Å². The Bertz CT molecular complexity index is 1410. The summed E-state index contributed by atoms with van der Waals surface area (Å²) in [5.41, 5.74) is -0.984. The fourth-order valence-corrected chi connectivity index (χ4v) is 5.99. The zero-order chi connectivity index (χ0) is 31.9. The molecule has 3 heterocycles. The van der Waals surface area contributed by atoms with Crippen LogP contribution in [0.25, 0.3) is 11.3 Å². The normalized spacial score (nSPS) is 14.1. The highest BCUT2D eigenvalue weighted by Crippen LogP contribution is 2.42. The van der Waals surface area contributed by atoms with Crippen molar-refractivity contribution in [1.29, 1.82) is 0 Å². The smallest absolute Gasteiger partial charge is 0.416 e. The van der Waals surface area contributed by atoms with Gasteiger partial charge in [0.1, 0.15) is 22.8 Å². The quantitative estimate of drug-likeness (QED) is 0.170. The standard InChI is InChI=1S/C29H36F5N7O2S/c1-4-8-41(9-5-2)27-24(19-15-20(29(32,33)34)17-21(30)16-19)37-28(44-27)38-25-23(31)26(36-18-35-25)40-13-11-39(12-14-40)10-7-22(42)43-6-3/h15-18H,4-14H2,1-3H3,(H,35,36,37,38). The molecule has 15 heteroatoms. The van der Waals surface area contributed by atoms with Crippen molar-refractivity contribution in [2.75, 3.05) is 67.5 Å². The van der Waals surface area contributed by atoms with Crippen LogP contribution in [-0.4, -0.2) is 78.2 Å². The molecule has 1 saturated heterocycles. The Morgan fingerprint density at radius 2 is 1.75 bits per heavy atom. The average Bonchev–Trinajstić information content (AvgIpc) is 3.40. The number of nitrogens with zero attached hydrogens (tertiary/aromatic N) is 6. The number of hydrogen-bond acceptors (Lipinski definition) is 10. The third kappa shape index (κ3) is 8.31. The third-order valence-electron chi connectivity index (χ3n) is 6.99. The van der Waals surface area contributed by atoms with Gasteiger partial charge >= 0.3 is 12.1 Å². The zero-order valence-electron chi connectivity index (χ0n) is 24.9. The highest BCUT2D eigenvalue weighted by atomic mass is 32.1. The highest BCUT2D eigenvalue weighted by Gasteiger charge is 2.32. The molecule has 0 unspecified atom stereocenters. The number of carbonyl (C=O) groups is 1. The van der Waals surface area contributed by atoms with E-state index in [2.05, 4.69) is 25.2 Å². The van der Waals surface area contributed by atoms with Gasteiger partial charge in [0, 0.05) is 51.4 Å². The number of alkyl halides is 3. The Balaban J connectivity index is 1.59. The first-order valence-electron chi connectivity index (χ1n) is 14.6. The molecule has 0 atom stereocenters. The minimum Gasteiger partial charge on any atom is -0.466 e. The molecule has 2 aromatic heterocycles. The minimum absolute atomic E-state index is 0.0292. The summed E-state index contributed by atoms with van der Waals surface area (Å²) in [5, 5.41) is 3.62. The second-order valence-corrected chi connectivity index (χ2v) is 11.2.